The lowest BCUT2D eigenvalue weighted by Gasteiger charge is -2.31. The number of hydrogen-bond acceptors (Lipinski definition) is 5. The molecule has 0 aliphatic carbocycles. The number of benzene rings is 2. The van der Waals surface area contributed by atoms with Gasteiger partial charge in [-0.05, 0) is 42.7 Å². The van der Waals surface area contributed by atoms with E-state index in [4.69, 9.17) is 32.7 Å². The molecule has 1 amide bonds. The van der Waals surface area contributed by atoms with E-state index in [2.05, 4.69) is 5.32 Å². The zero-order valence-electron chi connectivity index (χ0n) is 17.2. The molecular weight excluding hydrogens is 463 g/mol. The molecule has 31 heavy (non-hydrogen) atoms. The number of hydrogen-bond donors (Lipinski definition) is 1. The highest BCUT2D eigenvalue weighted by Gasteiger charge is 2.34. The predicted octanol–water partition coefficient (Wildman–Crippen LogP) is 3.73. The molecule has 0 atom stereocenters. The number of carbonyl (C=O) groups excluding carboxylic acids is 1. The van der Waals surface area contributed by atoms with Gasteiger partial charge in [-0.15, -0.1) is 0 Å². The topological polar surface area (TPSA) is 84.9 Å². The van der Waals surface area contributed by atoms with Gasteiger partial charge in [-0.25, -0.2) is 8.42 Å². The van der Waals surface area contributed by atoms with Crippen molar-refractivity contribution in [3.63, 3.8) is 0 Å². The smallest absolute Gasteiger partial charge is 0.246 e. The third-order valence-corrected chi connectivity index (χ3v) is 7.79. The van der Waals surface area contributed by atoms with Crippen LogP contribution in [0.15, 0.2) is 41.3 Å². The van der Waals surface area contributed by atoms with Crippen LogP contribution in [-0.4, -0.2) is 45.9 Å². The molecule has 0 radical (unpaired) electrons. The Hall–Kier alpha value is -2.00. The van der Waals surface area contributed by atoms with Crippen molar-refractivity contribution in [3.8, 4) is 11.5 Å². The lowest BCUT2D eigenvalue weighted by atomic mass is 9.97. The molecule has 1 heterocycles. The van der Waals surface area contributed by atoms with Gasteiger partial charge in [0.05, 0.1) is 14.2 Å². The van der Waals surface area contributed by atoms with Crippen LogP contribution in [0.2, 0.25) is 10.0 Å². The number of nitrogens with zero attached hydrogens (tertiary/aromatic N) is 1. The summed E-state index contributed by atoms with van der Waals surface area (Å²) in [5, 5.41) is 3.89. The van der Waals surface area contributed by atoms with Crippen LogP contribution in [0.3, 0.4) is 0 Å². The first-order valence-corrected chi connectivity index (χ1v) is 11.9. The summed E-state index contributed by atoms with van der Waals surface area (Å²) in [7, 11) is -0.892. The molecule has 3 rings (SSSR count). The minimum absolute atomic E-state index is 0.0506. The fourth-order valence-electron chi connectivity index (χ4n) is 3.47. The van der Waals surface area contributed by atoms with Gasteiger partial charge in [-0.3, -0.25) is 4.79 Å². The predicted molar refractivity (Wildman–Crippen MR) is 119 cm³/mol. The Balaban J connectivity index is 1.62. The van der Waals surface area contributed by atoms with Crippen LogP contribution in [0.1, 0.15) is 18.4 Å². The van der Waals surface area contributed by atoms with Gasteiger partial charge in [-0.1, -0.05) is 29.3 Å². The first-order valence-electron chi connectivity index (χ1n) is 9.70. The summed E-state index contributed by atoms with van der Waals surface area (Å²) in [6, 6.07) is 9.76. The highest BCUT2D eigenvalue weighted by molar-refractivity contribution is 7.89. The number of halogens is 2. The summed E-state index contributed by atoms with van der Waals surface area (Å²) in [5.74, 6) is 0.279. The average molecular weight is 487 g/mol. The van der Waals surface area contributed by atoms with Crippen molar-refractivity contribution >= 4 is 39.1 Å². The summed E-state index contributed by atoms with van der Waals surface area (Å²) in [6.45, 7) is 0.763. The van der Waals surface area contributed by atoms with E-state index in [-0.39, 0.29) is 42.1 Å². The molecule has 1 fully saturated rings. The second-order valence-corrected chi connectivity index (χ2v) is 9.90. The number of piperidine rings is 1. The number of methoxy groups -OCH3 is 2. The SMILES string of the molecule is COc1ccc(OC)c(S(=O)(=O)N2CCC(C(=O)NCc3ccc(Cl)cc3Cl)CC2)c1. The molecule has 7 nitrogen and oxygen atoms in total. The zero-order chi connectivity index (χ0) is 22.6. The van der Waals surface area contributed by atoms with Crippen LogP contribution >= 0.6 is 23.2 Å². The molecule has 1 N–H and O–H groups in total. The largest absolute Gasteiger partial charge is 0.497 e. The molecule has 1 aliphatic rings. The van der Waals surface area contributed by atoms with E-state index in [1.54, 1.807) is 30.3 Å². The molecule has 0 saturated carbocycles. The second kappa shape index (κ2) is 10.1. The molecule has 2 aromatic carbocycles. The number of sulfonamides is 1. The standard InChI is InChI=1S/C21H24Cl2N2O5S/c1-29-17-5-6-19(30-2)20(12-17)31(27,28)25-9-7-14(8-10-25)21(26)24-13-15-3-4-16(22)11-18(15)23/h3-6,11-12,14H,7-10,13H2,1-2H3,(H,24,26). The molecule has 0 bridgehead atoms. The van der Waals surface area contributed by atoms with Crippen LogP contribution < -0.4 is 14.8 Å². The molecule has 1 saturated heterocycles. The first kappa shape index (κ1) is 23.7. The minimum atomic E-state index is -3.78. The Labute approximate surface area is 192 Å². The summed E-state index contributed by atoms with van der Waals surface area (Å²) >= 11 is 12.0. The fraction of sp³-hybridized carbons (Fsp3) is 0.381. The molecule has 10 heteroatoms. The van der Waals surface area contributed by atoms with Crippen LogP contribution in [0.25, 0.3) is 0 Å². The highest BCUT2D eigenvalue weighted by Crippen LogP contribution is 2.32. The molecule has 0 spiro atoms. The molecular formula is C21H24Cl2N2O5S. The summed E-state index contributed by atoms with van der Waals surface area (Å²) < 4.78 is 38.1. The lowest BCUT2D eigenvalue weighted by molar-refractivity contribution is -0.126. The van der Waals surface area contributed by atoms with Gasteiger partial charge >= 0.3 is 0 Å². The molecule has 0 unspecified atom stereocenters. The second-order valence-electron chi connectivity index (χ2n) is 7.15. The number of ether oxygens (including phenoxy) is 2. The Morgan fingerprint density at radius 2 is 1.81 bits per heavy atom. The normalized spacial score (nSPS) is 15.5. The van der Waals surface area contributed by atoms with Crippen molar-refractivity contribution in [2.45, 2.75) is 24.3 Å². The van der Waals surface area contributed by atoms with Crippen molar-refractivity contribution in [2.75, 3.05) is 27.3 Å². The highest BCUT2D eigenvalue weighted by atomic mass is 35.5. The summed E-state index contributed by atoms with van der Waals surface area (Å²) in [4.78, 5) is 12.6. The molecule has 168 valence electrons. The van der Waals surface area contributed by atoms with Crippen molar-refractivity contribution in [1.29, 1.82) is 0 Å². The average Bonchev–Trinajstić information content (AvgIpc) is 2.77. The van der Waals surface area contributed by atoms with Gasteiger partial charge in [0.1, 0.15) is 16.4 Å². The van der Waals surface area contributed by atoms with Crippen LogP contribution in [0, 0.1) is 5.92 Å². The molecule has 1 aliphatic heterocycles. The van der Waals surface area contributed by atoms with Crippen molar-refractivity contribution < 1.29 is 22.7 Å². The number of amides is 1. The summed E-state index contributed by atoms with van der Waals surface area (Å²) in [6.07, 6.45) is 0.845. The Bertz CT molecular complexity index is 1050. The van der Waals surface area contributed by atoms with Crippen LogP contribution in [0.5, 0.6) is 11.5 Å². The van der Waals surface area contributed by atoms with E-state index in [1.165, 1.54) is 24.6 Å². The third-order valence-electron chi connectivity index (χ3n) is 5.28. The molecule has 0 aromatic heterocycles. The summed E-state index contributed by atoms with van der Waals surface area (Å²) in [5.41, 5.74) is 0.768. The van der Waals surface area contributed by atoms with Gasteiger partial charge in [0.15, 0.2) is 0 Å². The van der Waals surface area contributed by atoms with Gasteiger partial charge < -0.3 is 14.8 Å². The minimum Gasteiger partial charge on any atom is -0.497 e. The van der Waals surface area contributed by atoms with Gasteiger partial charge in [0.2, 0.25) is 15.9 Å². The van der Waals surface area contributed by atoms with E-state index in [0.29, 0.717) is 28.6 Å². The Morgan fingerprint density at radius 1 is 1.10 bits per heavy atom. The van der Waals surface area contributed by atoms with Crippen molar-refractivity contribution in [2.24, 2.45) is 5.92 Å². The van der Waals surface area contributed by atoms with E-state index in [1.807, 2.05) is 0 Å². The molecule has 2 aromatic rings. The Morgan fingerprint density at radius 3 is 2.42 bits per heavy atom. The Kier molecular flexibility index (Phi) is 7.69. The lowest BCUT2D eigenvalue weighted by Crippen LogP contribution is -2.42. The maximum Gasteiger partial charge on any atom is 0.246 e. The maximum absolute atomic E-state index is 13.2. The van der Waals surface area contributed by atoms with Crippen molar-refractivity contribution in [1.82, 2.24) is 9.62 Å². The third kappa shape index (κ3) is 5.44. The van der Waals surface area contributed by atoms with Gasteiger partial charge in [-0.2, -0.15) is 4.31 Å². The number of nitrogens with one attached hydrogen (secondary N) is 1. The van der Waals surface area contributed by atoms with E-state index in [9.17, 15) is 13.2 Å². The monoisotopic (exact) mass is 486 g/mol. The van der Waals surface area contributed by atoms with E-state index >= 15 is 0 Å². The first-order chi connectivity index (χ1) is 14.8. The van der Waals surface area contributed by atoms with E-state index < -0.39 is 10.0 Å². The van der Waals surface area contributed by atoms with E-state index in [0.717, 1.165) is 5.56 Å². The van der Waals surface area contributed by atoms with Crippen molar-refractivity contribution in [3.05, 3.63) is 52.0 Å². The maximum atomic E-state index is 13.2. The number of carbonyl (C=O) groups is 1. The number of rotatable bonds is 7. The quantitative estimate of drug-likeness (QED) is 0.644. The van der Waals surface area contributed by atoms with Gasteiger partial charge in [0, 0.05) is 41.7 Å². The van der Waals surface area contributed by atoms with Gasteiger partial charge in [0.25, 0.3) is 0 Å². The van der Waals surface area contributed by atoms with Crippen LogP contribution in [-0.2, 0) is 21.4 Å². The fourth-order valence-corrected chi connectivity index (χ4v) is 5.59. The zero-order valence-corrected chi connectivity index (χ0v) is 19.6. The van der Waals surface area contributed by atoms with Crippen LogP contribution in [0.4, 0.5) is 0 Å².